The number of benzene rings is 1. The fourth-order valence-corrected chi connectivity index (χ4v) is 3.96. The standard InChI is InChI=1S/C15H19N3O5.C7H6FNO/c1-8(2)5-16-3-4-18-10(16)7-17-6-9(15(22)23)12(19)13(20)11(17)14(18)21;8-6-3-1-5(2-4-6)7(9)10/h6,8,10,20H,3-5,7H2,1-2H3,(H,22,23);1-4H,(H2,9,10). The van der Waals surface area contributed by atoms with Crippen molar-refractivity contribution < 1.29 is 29.0 Å². The van der Waals surface area contributed by atoms with E-state index >= 15 is 0 Å². The van der Waals surface area contributed by atoms with Crippen molar-refractivity contribution in [1.29, 1.82) is 0 Å². The number of hydrogen-bond donors (Lipinski definition) is 3. The van der Waals surface area contributed by atoms with Gasteiger partial charge in [0, 0.05) is 31.4 Å². The molecule has 10 nitrogen and oxygen atoms in total. The molecule has 0 spiro atoms. The van der Waals surface area contributed by atoms with Crippen molar-refractivity contribution >= 4 is 17.8 Å². The number of nitrogens with two attached hydrogens (primary N) is 1. The van der Waals surface area contributed by atoms with E-state index < -0.39 is 34.5 Å². The van der Waals surface area contributed by atoms with Crippen molar-refractivity contribution in [3.05, 3.63) is 63.3 Å². The Morgan fingerprint density at radius 2 is 1.82 bits per heavy atom. The van der Waals surface area contributed by atoms with Crippen LogP contribution in [0, 0.1) is 11.7 Å². The maximum atomic E-state index is 12.6. The third-order valence-corrected chi connectivity index (χ3v) is 5.45. The van der Waals surface area contributed by atoms with Crippen LogP contribution in [0.2, 0.25) is 0 Å². The number of halogens is 1. The fraction of sp³-hybridized carbons (Fsp3) is 0.364. The van der Waals surface area contributed by atoms with Gasteiger partial charge >= 0.3 is 5.97 Å². The number of aromatic hydroxyl groups is 1. The van der Waals surface area contributed by atoms with E-state index in [-0.39, 0.29) is 17.7 Å². The molecule has 0 aliphatic carbocycles. The van der Waals surface area contributed by atoms with Gasteiger partial charge in [-0.25, -0.2) is 9.18 Å². The molecule has 2 aliphatic heterocycles. The molecule has 1 aromatic heterocycles. The minimum absolute atomic E-state index is 0.123. The number of fused-ring (bicyclic) bond motifs is 2. The van der Waals surface area contributed by atoms with Crippen molar-refractivity contribution in [2.75, 3.05) is 19.6 Å². The molecule has 0 saturated carbocycles. The van der Waals surface area contributed by atoms with E-state index in [1.807, 2.05) is 0 Å². The zero-order valence-corrected chi connectivity index (χ0v) is 18.2. The molecule has 3 heterocycles. The maximum Gasteiger partial charge on any atom is 0.341 e. The Balaban J connectivity index is 0.000000257. The third-order valence-electron chi connectivity index (χ3n) is 5.45. The number of rotatable bonds is 4. The Hall–Kier alpha value is -3.73. The van der Waals surface area contributed by atoms with Crippen molar-refractivity contribution in [2.45, 2.75) is 26.6 Å². The smallest absolute Gasteiger partial charge is 0.341 e. The second kappa shape index (κ2) is 9.41. The molecule has 176 valence electrons. The van der Waals surface area contributed by atoms with E-state index in [1.54, 1.807) is 4.90 Å². The van der Waals surface area contributed by atoms with Gasteiger partial charge in [0.2, 0.25) is 11.3 Å². The van der Waals surface area contributed by atoms with E-state index in [0.717, 1.165) is 19.3 Å². The summed E-state index contributed by atoms with van der Waals surface area (Å²) in [6.45, 7) is 6.59. The number of nitrogens with zero attached hydrogens (tertiary/aromatic N) is 3. The topological polar surface area (TPSA) is 146 Å². The molecule has 1 atom stereocenters. The molecule has 4 N–H and O–H groups in total. The molecule has 2 aliphatic rings. The lowest BCUT2D eigenvalue weighted by Gasteiger charge is -2.36. The molecule has 11 heteroatoms. The highest BCUT2D eigenvalue weighted by Crippen LogP contribution is 2.28. The van der Waals surface area contributed by atoms with Gasteiger partial charge in [-0.15, -0.1) is 0 Å². The molecule has 1 unspecified atom stereocenters. The summed E-state index contributed by atoms with van der Waals surface area (Å²) >= 11 is 0. The number of carbonyl (C=O) groups excluding carboxylic acids is 2. The second-order valence-corrected chi connectivity index (χ2v) is 8.27. The summed E-state index contributed by atoms with van der Waals surface area (Å²) in [6, 6.07) is 5.08. The summed E-state index contributed by atoms with van der Waals surface area (Å²) in [5.74, 6) is -3.11. The van der Waals surface area contributed by atoms with Crippen LogP contribution in [-0.2, 0) is 6.54 Å². The van der Waals surface area contributed by atoms with Crippen LogP contribution >= 0.6 is 0 Å². The average Bonchev–Trinajstić information content (AvgIpc) is 3.13. The largest absolute Gasteiger partial charge is 0.503 e. The molecule has 33 heavy (non-hydrogen) atoms. The van der Waals surface area contributed by atoms with Crippen molar-refractivity contribution in [3.8, 4) is 5.75 Å². The summed E-state index contributed by atoms with van der Waals surface area (Å²) in [7, 11) is 0. The first-order valence-corrected chi connectivity index (χ1v) is 10.3. The first-order chi connectivity index (χ1) is 15.5. The van der Waals surface area contributed by atoms with Crippen LogP contribution in [0.1, 0.15) is 45.1 Å². The third kappa shape index (κ3) is 4.87. The lowest BCUT2D eigenvalue weighted by atomic mass is 10.1. The van der Waals surface area contributed by atoms with Gasteiger partial charge in [-0.05, 0) is 30.2 Å². The van der Waals surface area contributed by atoms with Gasteiger partial charge in [0.25, 0.3) is 5.91 Å². The first kappa shape index (κ1) is 23.9. The SMILES string of the molecule is CC(C)CN1CCN2C(=O)c3c(O)c(=O)c(C(=O)O)cn3CC12.NC(=O)c1ccc(F)cc1. The number of hydrogen-bond acceptors (Lipinski definition) is 6. The minimum Gasteiger partial charge on any atom is -0.503 e. The Bertz CT molecular complexity index is 1140. The van der Waals surface area contributed by atoms with Crippen molar-refractivity contribution in [2.24, 2.45) is 11.7 Å². The lowest BCUT2D eigenvalue weighted by molar-refractivity contribution is 0.0484. The summed E-state index contributed by atoms with van der Waals surface area (Å²) in [4.78, 5) is 49.9. The van der Waals surface area contributed by atoms with Gasteiger partial charge in [-0.2, -0.15) is 0 Å². The van der Waals surface area contributed by atoms with E-state index in [4.69, 9.17) is 10.8 Å². The summed E-state index contributed by atoms with van der Waals surface area (Å²) in [5.41, 5.74) is 3.55. The molecule has 1 aromatic carbocycles. The number of primary amides is 1. The van der Waals surface area contributed by atoms with E-state index in [9.17, 15) is 28.7 Å². The highest BCUT2D eigenvalue weighted by Gasteiger charge is 2.42. The number of carboxylic acids is 1. The Labute approximate surface area is 188 Å². The summed E-state index contributed by atoms with van der Waals surface area (Å²) in [6.07, 6.45) is 0.974. The number of aromatic carboxylic acids is 1. The number of carboxylic acid groups (broad SMARTS) is 1. The van der Waals surface area contributed by atoms with Crippen molar-refractivity contribution in [1.82, 2.24) is 14.4 Å². The van der Waals surface area contributed by atoms with E-state index in [1.165, 1.54) is 28.8 Å². The fourth-order valence-electron chi connectivity index (χ4n) is 3.96. The van der Waals surface area contributed by atoms with Gasteiger partial charge in [0.15, 0.2) is 11.4 Å². The van der Waals surface area contributed by atoms with Crippen LogP contribution in [0.4, 0.5) is 4.39 Å². The zero-order valence-electron chi connectivity index (χ0n) is 18.2. The molecule has 0 radical (unpaired) electrons. The van der Waals surface area contributed by atoms with E-state index in [0.29, 0.717) is 24.6 Å². The van der Waals surface area contributed by atoms with Crippen molar-refractivity contribution in [3.63, 3.8) is 0 Å². The monoisotopic (exact) mass is 460 g/mol. The molecule has 2 amide bonds. The van der Waals surface area contributed by atoms with Crippen LogP contribution in [0.25, 0.3) is 0 Å². The molecular weight excluding hydrogens is 435 g/mol. The number of amides is 2. The minimum atomic E-state index is -1.42. The molecule has 4 rings (SSSR count). The predicted octanol–water partition coefficient (Wildman–Crippen LogP) is 0.930. The Morgan fingerprint density at radius 3 is 2.36 bits per heavy atom. The first-order valence-electron chi connectivity index (χ1n) is 10.3. The second-order valence-electron chi connectivity index (χ2n) is 8.27. The van der Waals surface area contributed by atoms with Gasteiger partial charge < -0.3 is 25.4 Å². The lowest BCUT2D eigenvalue weighted by Crippen LogP contribution is -2.51. The Kier molecular flexibility index (Phi) is 6.82. The van der Waals surface area contributed by atoms with Crippen LogP contribution in [-0.4, -0.2) is 68.2 Å². The molecule has 2 aromatic rings. The maximum absolute atomic E-state index is 12.6. The van der Waals surface area contributed by atoms with Crippen LogP contribution in [0.3, 0.4) is 0 Å². The highest BCUT2D eigenvalue weighted by molar-refractivity contribution is 5.97. The molecule has 0 bridgehead atoms. The van der Waals surface area contributed by atoms with Gasteiger partial charge in [0.1, 0.15) is 17.5 Å². The highest BCUT2D eigenvalue weighted by atomic mass is 19.1. The van der Waals surface area contributed by atoms with E-state index in [2.05, 4.69) is 18.7 Å². The van der Waals surface area contributed by atoms with Gasteiger partial charge in [0.05, 0.1) is 6.54 Å². The number of carbonyl (C=O) groups is 3. The quantitative estimate of drug-likeness (QED) is 0.615. The molecule has 1 fully saturated rings. The zero-order chi connectivity index (χ0) is 24.4. The van der Waals surface area contributed by atoms with Gasteiger partial charge in [-0.3, -0.25) is 19.3 Å². The number of pyridine rings is 1. The molecule has 1 saturated heterocycles. The number of aromatic nitrogens is 1. The van der Waals surface area contributed by atoms with Crippen LogP contribution in [0.15, 0.2) is 35.3 Å². The van der Waals surface area contributed by atoms with Crippen LogP contribution in [0.5, 0.6) is 5.75 Å². The summed E-state index contributed by atoms with van der Waals surface area (Å²) < 4.78 is 13.6. The normalized spacial score (nSPS) is 17.3. The Morgan fingerprint density at radius 1 is 1.18 bits per heavy atom. The summed E-state index contributed by atoms with van der Waals surface area (Å²) in [5, 5.41) is 19.1. The average molecular weight is 460 g/mol. The molecular formula is C22H25FN4O6. The predicted molar refractivity (Wildman–Crippen MR) is 115 cm³/mol. The van der Waals surface area contributed by atoms with Crippen LogP contribution < -0.4 is 11.2 Å². The van der Waals surface area contributed by atoms with Gasteiger partial charge in [-0.1, -0.05) is 13.8 Å².